The maximum absolute atomic E-state index is 11.9. The van der Waals surface area contributed by atoms with E-state index < -0.39 is 28.6 Å². The molecule has 132 valence electrons. The average Bonchev–Trinajstić information content (AvgIpc) is 2.43. The number of alkyl carbamates (subject to hydrolysis) is 1. The molecule has 0 aliphatic carbocycles. The molecule has 1 atom stereocenters. The number of ether oxygens (including phenoxy) is 2. The topological polar surface area (TPSA) is 108 Å². The number of nitrogens with zero attached hydrogens (tertiary/aromatic N) is 1. The van der Waals surface area contributed by atoms with Crippen molar-refractivity contribution in [2.75, 3.05) is 7.11 Å². The minimum atomic E-state index is -1.03. The van der Waals surface area contributed by atoms with Gasteiger partial charge in [-0.1, -0.05) is 15.9 Å². The molecule has 0 heterocycles. The number of carbonyl (C=O) groups is 2. The highest BCUT2D eigenvalue weighted by molar-refractivity contribution is 9.10. The van der Waals surface area contributed by atoms with Crippen LogP contribution in [0, 0.1) is 10.1 Å². The monoisotopic (exact) mass is 402 g/mol. The summed E-state index contributed by atoms with van der Waals surface area (Å²) in [6.07, 6.45) is -0.756. The molecule has 0 fully saturated rings. The summed E-state index contributed by atoms with van der Waals surface area (Å²) in [7, 11) is 1.19. The van der Waals surface area contributed by atoms with Crippen LogP contribution in [0.1, 0.15) is 26.3 Å². The van der Waals surface area contributed by atoms with Gasteiger partial charge in [0.05, 0.1) is 12.0 Å². The Bertz CT molecular complexity index is 641. The van der Waals surface area contributed by atoms with Gasteiger partial charge in [-0.3, -0.25) is 10.1 Å². The minimum Gasteiger partial charge on any atom is -0.467 e. The van der Waals surface area contributed by atoms with Gasteiger partial charge in [0, 0.05) is 23.0 Å². The molecule has 8 nitrogen and oxygen atoms in total. The van der Waals surface area contributed by atoms with E-state index in [1.54, 1.807) is 26.8 Å². The molecule has 0 bridgehead atoms. The van der Waals surface area contributed by atoms with Crippen LogP contribution < -0.4 is 5.32 Å². The van der Waals surface area contributed by atoms with Crippen molar-refractivity contribution in [2.45, 2.75) is 38.8 Å². The number of nitro benzene ring substituents is 1. The van der Waals surface area contributed by atoms with Crippen molar-refractivity contribution >= 4 is 33.7 Å². The smallest absolute Gasteiger partial charge is 0.408 e. The highest BCUT2D eigenvalue weighted by Gasteiger charge is 2.26. The Labute approximate surface area is 147 Å². The maximum Gasteiger partial charge on any atom is 0.408 e. The first kappa shape index (κ1) is 19.9. The molecule has 0 aliphatic heterocycles. The molecule has 1 N–H and O–H groups in total. The summed E-state index contributed by atoms with van der Waals surface area (Å²) in [5.74, 6) is -0.677. The first-order valence-electron chi connectivity index (χ1n) is 7.03. The van der Waals surface area contributed by atoms with E-state index in [9.17, 15) is 19.7 Å². The van der Waals surface area contributed by atoms with Gasteiger partial charge in [-0.2, -0.15) is 0 Å². The molecule has 0 aliphatic rings. The van der Waals surface area contributed by atoms with Crippen molar-refractivity contribution in [2.24, 2.45) is 0 Å². The fourth-order valence-corrected chi connectivity index (χ4v) is 2.41. The first-order chi connectivity index (χ1) is 11.0. The van der Waals surface area contributed by atoms with Crippen molar-refractivity contribution in [1.29, 1.82) is 0 Å². The number of nitro groups is 1. The summed E-state index contributed by atoms with van der Waals surface area (Å²) >= 11 is 3.18. The van der Waals surface area contributed by atoms with E-state index >= 15 is 0 Å². The number of amides is 1. The Morgan fingerprint density at radius 1 is 1.33 bits per heavy atom. The summed E-state index contributed by atoms with van der Waals surface area (Å²) < 4.78 is 10.3. The van der Waals surface area contributed by atoms with Gasteiger partial charge in [0.25, 0.3) is 5.69 Å². The molecule has 1 aromatic carbocycles. The zero-order valence-corrected chi connectivity index (χ0v) is 15.4. The van der Waals surface area contributed by atoms with Gasteiger partial charge in [-0.25, -0.2) is 9.59 Å². The van der Waals surface area contributed by atoms with Gasteiger partial charge >= 0.3 is 12.1 Å². The summed E-state index contributed by atoms with van der Waals surface area (Å²) in [4.78, 5) is 34.1. The summed E-state index contributed by atoms with van der Waals surface area (Å²) in [5.41, 5.74) is -0.359. The minimum absolute atomic E-state index is 0.0200. The molecule has 1 rings (SSSR count). The van der Waals surface area contributed by atoms with Crippen molar-refractivity contribution in [3.05, 3.63) is 38.3 Å². The lowest BCUT2D eigenvalue weighted by molar-refractivity contribution is -0.385. The summed E-state index contributed by atoms with van der Waals surface area (Å²) in [5, 5.41) is 13.3. The lowest BCUT2D eigenvalue weighted by Crippen LogP contribution is -2.45. The van der Waals surface area contributed by atoms with E-state index in [0.717, 1.165) is 0 Å². The fraction of sp³-hybridized carbons (Fsp3) is 0.467. The number of benzene rings is 1. The number of non-ortho nitro benzene ring substituents is 1. The molecule has 0 saturated heterocycles. The van der Waals surface area contributed by atoms with Crippen molar-refractivity contribution in [1.82, 2.24) is 5.32 Å². The predicted octanol–water partition coefficient (Wildman–Crippen LogP) is 2.97. The molecule has 0 radical (unpaired) electrons. The Morgan fingerprint density at radius 3 is 2.46 bits per heavy atom. The fourth-order valence-electron chi connectivity index (χ4n) is 1.88. The van der Waals surface area contributed by atoms with E-state index in [2.05, 4.69) is 26.0 Å². The van der Waals surface area contributed by atoms with Gasteiger partial charge in [0.2, 0.25) is 0 Å². The number of hydrogen-bond donors (Lipinski definition) is 1. The third-order valence-electron chi connectivity index (χ3n) is 2.77. The SMILES string of the molecule is COC(=O)[C@H](Cc1cc(Br)cc([N+](=O)[O-])c1)NC(=O)OC(C)(C)C. The maximum atomic E-state index is 11.9. The third-order valence-corrected chi connectivity index (χ3v) is 3.23. The van der Waals surface area contributed by atoms with Crippen LogP contribution in [0.3, 0.4) is 0 Å². The van der Waals surface area contributed by atoms with Gasteiger partial charge in [-0.05, 0) is 32.4 Å². The molecular weight excluding hydrogens is 384 g/mol. The van der Waals surface area contributed by atoms with E-state index in [1.807, 2.05) is 0 Å². The predicted molar refractivity (Wildman–Crippen MR) is 89.7 cm³/mol. The van der Waals surface area contributed by atoms with Crippen LogP contribution in [0.25, 0.3) is 0 Å². The lowest BCUT2D eigenvalue weighted by Gasteiger charge is -2.22. The van der Waals surface area contributed by atoms with Crippen LogP contribution in [-0.2, 0) is 20.7 Å². The molecule has 0 spiro atoms. The quantitative estimate of drug-likeness (QED) is 0.460. The third kappa shape index (κ3) is 6.53. The lowest BCUT2D eigenvalue weighted by atomic mass is 10.1. The van der Waals surface area contributed by atoms with Crippen LogP contribution in [0.15, 0.2) is 22.7 Å². The zero-order valence-electron chi connectivity index (χ0n) is 13.8. The molecule has 24 heavy (non-hydrogen) atoms. The Hall–Kier alpha value is -2.16. The van der Waals surface area contributed by atoms with E-state index in [1.165, 1.54) is 19.2 Å². The Kier molecular flexibility index (Phi) is 6.70. The van der Waals surface area contributed by atoms with Crippen LogP contribution in [0.4, 0.5) is 10.5 Å². The average molecular weight is 403 g/mol. The number of rotatable bonds is 5. The first-order valence-corrected chi connectivity index (χ1v) is 7.82. The summed E-state index contributed by atoms with van der Waals surface area (Å²) in [6.45, 7) is 5.08. The highest BCUT2D eigenvalue weighted by atomic mass is 79.9. The number of hydrogen-bond acceptors (Lipinski definition) is 6. The second kappa shape index (κ2) is 8.09. The van der Waals surface area contributed by atoms with Crippen LogP contribution in [0.5, 0.6) is 0 Å². The van der Waals surface area contributed by atoms with Gasteiger partial charge in [-0.15, -0.1) is 0 Å². The number of methoxy groups -OCH3 is 1. The Balaban J connectivity index is 2.97. The molecule has 1 aromatic rings. The number of nitrogens with one attached hydrogen (secondary N) is 1. The standard InChI is InChI=1S/C15H19BrN2O6/c1-15(2,3)24-14(20)17-12(13(19)23-4)7-9-5-10(16)8-11(6-9)18(21)22/h5-6,8,12H,7H2,1-4H3,(H,17,20)/t12-/m0/s1. The van der Waals surface area contributed by atoms with Crippen molar-refractivity contribution in [3.63, 3.8) is 0 Å². The largest absolute Gasteiger partial charge is 0.467 e. The zero-order chi connectivity index (χ0) is 18.5. The summed E-state index contributed by atoms with van der Waals surface area (Å²) in [6, 6.07) is 3.27. The molecular formula is C15H19BrN2O6. The van der Waals surface area contributed by atoms with Gasteiger partial charge in [0.15, 0.2) is 0 Å². The van der Waals surface area contributed by atoms with Crippen LogP contribution in [-0.4, -0.2) is 35.7 Å². The molecule has 0 unspecified atom stereocenters. The molecule has 1 amide bonds. The Morgan fingerprint density at radius 2 is 1.96 bits per heavy atom. The second-order valence-electron chi connectivity index (χ2n) is 6.00. The molecule has 0 saturated carbocycles. The number of esters is 1. The highest BCUT2D eigenvalue weighted by Crippen LogP contribution is 2.22. The normalized spacial score (nSPS) is 12.2. The van der Waals surface area contributed by atoms with Gasteiger partial charge in [0.1, 0.15) is 11.6 Å². The number of halogens is 1. The molecule has 9 heteroatoms. The van der Waals surface area contributed by atoms with Crippen LogP contribution >= 0.6 is 15.9 Å². The van der Waals surface area contributed by atoms with Gasteiger partial charge < -0.3 is 14.8 Å². The van der Waals surface area contributed by atoms with E-state index in [0.29, 0.717) is 10.0 Å². The second-order valence-corrected chi connectivity index (χ2v) is 6.92. The van der Waals surface area contributed by atoms with E-state index in [-0.39, 0.29) is 12.1 Å². The molecule has 0 aromatic heterocycles. The van der Waals surface area contributed by atoms with Crippen LogP contribution in [0.2, 0.25) is 0 Å². The number of carbonyl (C=O) groups excluding carboxylic acids is 2. The van der Waals surface area contributed by atoms with Crippen molar-refractivity contribution < 1.29 is 24.0 Å². The van der Waals surface area contributed by atoms with Crippen molar-refractivity contribution in [3.8, 4) is 0 Å². The van der Waals surface area contributed by atoms with E-state index in [4.69, 9.17) is 4.74 Å².